The number of halogens is 3. The summed E-state index contributed by atoms with van der Waals surface area (Å²) in [6, 6.07) is 9.76. The van der Waals surface area contributed by atoms with Crippen molar-refractivity contribution in [1.82, 2.24) is 0 Å². The van der Waals surface area contributed by atoms with E-state index >= 15 is 0 Å². The number of nitrogens with zero attached hydrogens (tertiary/aromatic N) is 1. The summed E-state index contributed by atoms with van der Waals surface area (Å²) in [5.41, 5.74) is 1.24. The first-order valence-electron chi connectivity index (χ1n) is 7.63. The van der Waals surface area contributed by atoms with E-state index in [9.17, 15) is 23.1 Å². The number of hydrogen-bond acceptors (Lipinski definition) is 3. The Balaban J connectivity index is 2.06. The van der Waals surface area contributed by atoms with Gasteiger partial charge in [0, 0.05) is 18.5 Å². The van der Waals surface area contributed by atoms with Crippen LogP contribution in [0.15, 0.2) is 42.5 Å². The Bertz CT molecular complexity index is 804. The fourth-order valence-corrected chi connectivity index (χ4v) is 3.17. The highest BCUT2D eigenvalue weighted by Crippen LogP contribution is 2.41. The summed E-state index contributed by atoms with van der Waals surface area (Å²) < 4.78 is 44.1. The molecule has 25 heavy (non-hydrogen) atoms. The molecule has 4 nitrogen and oxygen atoms in total. The van der Waals surface area contributed by atoms with E-state index in [0.717, 1.165) is 12.1 Å². The van der Waals surface area contributed by atoms with Crippen molar-refractivity contribution in [1.29, 1.82) is 0 Å². The molecule has 0 radical (unpaired) electrons. The third kappa shape index (κ3) is 3.32. The lowest BCUT2D eigenvalue weighted by Gasteiger charge is -2.27. The van der Waals surface area contributed by atoms with E-state index in [1.807, 2.05) is 4.90 Å². The molecule has 1 heterocycles. The van der Waals surface area contributed by atoms with Gasteiger partial charge in [-0.15, -0.1) is 0 Å². The van der Waals surface area contributed by atoms with E-state index in [2.05, 4.69) is 0 Å². The van der Waals surface area contributed by atoms with Crippen LogP contribution >= 0.6 is 0 Å². The van der Waals surface area contributed by atoms with Gasteiger partial charge in [0.05, 0.1) is 23.8 Å². The van der Waals surface area contributed by atoms with Gasteiger partial charge in [-0.2, -0.15) is 13.2 Å². The van der Waals surface area contributed by atoms with Crippen molar-refractivity contribution < 1.29 is 27.8 Å². The second-order valence-electron chi connectivity index (χ2n) is 5.88. The maximum absolute atomic E-state index is 13.0. The van der Waals surface area contributed by atoms with Gasteiger partial charge in [-0.05, 0) is 48.4 Å². The molecule has 1 unspecified atom stereocenters. The highest BCUT2D eigenvalue weighted by molar-refractivity contribution is 5.89. The summed E-state index contributed by atoms with van der Waals surface area (Å²) in [4.78, 5) is 13.0. The number of rotatable bonds is 4. The van der Waals surface area contributed by atoms with Crippen LogP contribution in [0.4, 0.5) is 24.5 Å². The predicted octanol–water partition coefficient (Wildman–Crippen LogP) is 4.11. The molecule has 1 aliphatic rings. The fraction of sp³-hybridized carbons (Fsp3) is 0.278. The number of carboxylic acids is 1. The number of methoxy groups -OCH3 is 1. The van der Waals surface area contributed by atoms with Crippen molar-refractivity contribution in [3.63, 3.8) is 0 Å². The molecule has 0 bridgehead atoms. The van der Waals surface area contributed by atoms with Crippen LogP contribution in [-0.2, 0) is 17.3 Å². The molecule has 2 aromatic rings. The number of carboxylic acid groups (broad SMARTS) is 1. The number of benzene rings is 2. The summed E-state index contributed by atoms with van der Waals surface area (Å²) in [5, 5.41) is 9.17. The minimum absolute atomic E-state index is 0.119. The van der Waals surface area contributed by atoms with E-state index < -0.39 is 17.7 Å². The van der Waals surface area contributed by atoms with Gasteiger partial charge in [-0.3, -0.25) is 0 Å². The number of carbonyl (C=O) groups is 1. The van der Waals surface area contributed by atoms with Crippen LogP contribution in [-0.4, -0.2) is 30.8 Å². The van der Waals surface area contributed by atoms with E-state index in [1.165, 1.54) is 25.3 Å². The van der Waals surface area contributed by atoms with E-state index in [0.29, 0.717) is 30.0 Å². The summed E-state index contributed by atoms with van der Waals surface area (Å²) >= 11 is 0. The van der Waals surface area contributed by atoms with Crippen LogP contribution in [0, 0.1) is 0 Å². The lowest BCUT2D eigenvalue weighted by Crippen LogP contribution is -2.31. The maximum atomic E-state index is 13.0. The van der Waals surface area contributed by atoms with Crippen molar-refractivity contribution in [2.45, 2.75) is 18.6 Å². The Morgan fingerprint density at radius 3 is 2.68 bits per heavy atom. The first kappa shape index (κ1) is 17.3. The average molecular weight is 351 g/mol. The number of fused-ring (bicyclic) bond motifs is 1. The third-order valence-corrected chi connectivity index (χ3v) is 4.22. The zero-order chi connectivity index (χ0) is 18.2. The molecule has 0 saturated carbocycles. The Morgan fingerprint density at radius 1 is 1.28 bits per heavy atom. The summed E-state index contributed by atoms with van der Waals surface area (Å²) in [6.07, 6.45) is -4.01. The summed E-state index contributed by atoms with van der Waals surface area (Å²) in [6.45, 7) is 0.313. The highest BCUT2D eigenvalue weighted by atomic mass is 19.4. The minimum Gasteiger partial charge on any atom is -0.478 e. The number of aromatic carboxylic acids is 1. The Morgan fingerprint density at radius 2 is 2.04 bits per heavy atom. The molecule has 0 saturated heterocycles. The molecular weight excluding hydrogens is 335 g/mol. The highest BCUT2D eigenvalue weighted by Gasteiger charge is 2.35. The molecule has 3 rings (SSSR count). The molecule has 1 atom stereocenters. The van der Waals surface area contributed by atoms with Crippen molar-refractivity contribution in [2.24, 2.45) is 0 Å². The molecule has 1 N–H and O–H groups in total. The van der Waals surface area contributed by atoms with Gasteiger partial charge in [-0.25, -0.2) is 4.79 Å². The Labute approximate surface area is 142 Å². The van der Waals surface area contributed by atoms with Gasteiger partial charge < -0.3 is 14.7 Å². The molecule has 1 aliphatic heterocycles. The molecule has 0 aliphatic carbocycles. The Kier molecular flexibility index (Phi) is 4.43. The number of ether oxygens (including phenoxy) is 1. The van der Waals surface area contributed by atoms with Crippen molar-refractivity contribution in [3.8, 4) is 0 Å². The first-order valence-corrected chi connectivity index (χ1v) is 7.63. The number of hydrogen-bond donors (Lipinski definition) is 1. The lowest BCUT2D eigenvalue weighted by atomic mass is 10.1. The predicted molar refractivity (Wildman–Crippen MR) is 86.4 cm³/mol. The van der Waals surface area contributed by atoms with E-state index in [-0.39, 0.29) is 11.6 Å². The van der Waals surface area contributed by atoms with E-state index in [1.54, 1.807) is 12.1 Å². The van der Waals surface area contributed by atoms with Crippen LogP contribution in [0.2, 0.25) is 0 Å². The fourth-order valence-electron chi connectivity index (χ4n) is 3.17. The standard InChI is InChI=1S/C18H16F3NO3/c1-25-10-15-9-12-7-13(18(19,20)21)5-6-16(12)22(15)14-4-2-3-11(8-14)17(23)24/h2-8,15H,9-10H2,1H3,(H,23,24). The smallest absolute Gasteiger partial charge is 0.416 e. The van der Waals surface area contributed by atoms with Crippen LogP contribution < -0.4 is 4.90 Å². The quantitative estimate of drug-likeness (QED) is 0.901. The minimum atomic E-state index is -4.40. The second kappa shape index (κ2) is 6.40. The monoisotopic (exact) mass is 351 g/mol. The Hall–Kier alpha value is -2.54. The van der Waals surface area contributed by atoms with Crippen LogP contribution in [0.5, 0.6) is 0 Å². The topological polar surface area (TPSA) is 49.8 Å². The van der Waals surface area contributed by atoms with Crippen molar-refractivity contribution in [3.05, 3.63) is 59.2 Å². The van der Waals surface area contributed by atoms with Crippen LogP contribution in [0.1, 0.15) is 21.5 Å². The van der Waals surface area contributed by atoms with Crippen LogP contribution in [0.3, 0.4) is 0 Å². The molecule has 2 aromatic carbocycles. The zero-order valence-corrected chi connectivity index (χ0v) is 13.4. The van der Waals surface area contributed by atoms with Gasteiger partial charge in [0.15, 0.2) is 0 Å². The van der Waals surface area contributed by atoms with Gasteiger partial charge in [0.25, 0.3) is 0 Å². The summed E-state index contributed by atoms with van der Waals surface area (Å²) in [7, 11) is 1.52. The summed E-state index contributed by atoms with van der Waals surface area (Å²) in [5.74, 6) is -1.06. The molecule has 0 spiro atoms. The first-order chi connectivity index (χ1) is 11.8. The lowest BCUT2D eigenvalue weighted by molar-refractivity contribution is -0.137. The largest absolute Gasteiger partial charge is 0.478 e. The molecule has 132 valence electrons. The SMILES string of the molecule is COCC1Cc2cc(C(F)(F)F)ccc2N1c1cccc(C(=O)O)c1. The normalized spacial score (nSPS) is 16.8. The third-order valence-electron chi connectivity index (χ3n) is 4.22. The van der Waals surface area contributed by atoms with Gasteiger partial charge in [0.2, 0.25) is 0 Å². The average Bonchev–Trinajstić information content (AvgIpc) is 2.91. The second-order valence-corrected chi connectivity index (χ2v) is 5.88. The van der Waals surface area contributed by atoms with Crippen LogP contribution in [0.25, 0.3) is 0 Å². The zero-order valence-electron chi connectivity index (χ0n) is 13.4. The van der Waals surface area contributed by atoms with Crippen molar-refractivity contribution >= 4 is 17.3 Å². The number of alkyl halides is 3. The van der Waals surface area contributed by atoms with Gasteiger partial charge >= 0.3 is 12.1 Å². The molecular formula is C18H16F3NO3. The molecule has 0 aromatic heterocycles. The molecule has 0 amide bonds. The molecule has 7 heteroatoms. The molecule has 0 fully saturated rings. The number of anilines is 2. The van der Waals surface area contributed by atoms with Crippen molar-refractivity contribution in [2.75, 3.05) is 18.6 Å². The van der Waals surface area contributed by atoms with Gasteiger partial charge in [0.1, 0.15) is 0 Å². The van der Waals surface area contributed by atoms with E-state index in [4.69, 9.17) is 4.74 Å². The maximum Gasteiger partial charge on any atom is 0.416 e. The van der Waals surface area contributed by atoms with Gasteiger partial charge in [-0.1, -0.05) is 6.07 Å².